The monoisotopic (exact) mass is 369 g/mol. The van der Waals surface area contributed by atoms with Crippen molar-refractivity contribution in [2.45, 2.75) is 44.8 Å². The molecule has 3 amide bonds. The molecule has 2 aliphatic rings. The number of hydrogen-bond donors (Lipinski definition) is 2. The first-order chi connectivity index (χ1) is 11.4. The molecule has 2 aliphatic heterocycles. The van der Waals surface area contributed by atoms with Gasteiger partial charge in [0.05, 0.1) is 5.02 Å². The molecule has 0 radical (unpaired) electrons. The third-order valence-corrected chi connectivity index (χ3v) is 6.16. The number of piperazine rings is 1. The number of hydrogen-bond acceptors (Lipinski definition) is 4. The van der Waals surface area contributed by atoms with E-state index >= 15 is 0 Å². The topological polar surface area (TPSA) is 78.5 Å². The van der Waals surface area contributed by atoms with E-state index in [2.05, 4.69) is 10.6 Å². The first-order valence-corrected chi connectivity index (χ1v) is 9.32. The SMILES string of the molecule is CC[C@H](C)[C@@H]1NC(=O)[C@@H]2C[C@H](NC(=O)c3sccc3Cl)CN2C1=O. The van der Waals surface area contributed by atoms with Crippen LogP contribution in [0.3, 0.4) is 0 Å². The summed E-state index contributed by atoms with van der Waals surface area (Å²) in [5.41, 5.74) is 0. The normalized spacial score (nSPS) is 27.6. The van der Waals surface area contributed by atoms with E-state index in [4.69, 9.17) is 11.6 Å². The predicted octanol–water partition coefficient (Wildman–Crippen LogP) is 1.65. The van der Waals surface area contributed by atoms with Gasteiger partial charge in [-0.05, 0) is 23.8 Å². The average Bonchev–Trinajstić information content (AvgIpc) is 3.16. The number of carbonyl (C=O) groups excluding carboxylic acids is 3. The summed E-state index contributed by atoms with van der Waals surface area (Å²) in [5.74, 6) is -0.363. The highest BCUT2D eigenvalue weighted by molar-refractivity contribution is 7.12. The van der Waals surface area contributed by atoms with Gasteiger partial charge in [-0.3, -0.25) is 14.4 Å². The lowest BCUT2D eigenvalue weighted by atomic mass is 9.95. The van der Waals surface area contributed by atoms with Crippen LogP contribution >= 0.6 is 22.9 Å². The molecule has 0 aromatic carbocycles. The standard InChI is InChI=1S/C16H20ClN3O3S/c1-3-8(2)12-16(23)20-7-9(6-11(20)14(21)19-12)18-15(22)13-10(17)4-5-24-13/h4-5,8-9,11-12H,3,6-7H2,1-2H3,(H,18,22)(H,19,21)/t8-,9-,11-,12-/m0/s1. The van der Waals surface area contributed by atoms with E-state index in [1.165, 1.54) is 11.3 Å². The molecule has 2 saturated heterocycles. The van der Waals surface area contributed by atoms with Crippen molar-refractivity contribution < 1.29 is 14.4 Å². The van der Waals surface area contributed by atoms with E-state index in [9.17, 15) is 14.4 Å². The molecule has 3 heterocycles. The predicted molar refractivity (Wildman–Crippen MR) is 92.1 cm³/mol. The summed E-state index contributed by atoms with van der Waals surface area (Å²) >= 11 is 7.25. The van der Waals surface area contributed by atoms with Crippen molar-refractivity contribution in [2.75, 3.05) is 6.54 Å². The van der Waals surface area contributed by atoms with Crippen LogP contribution in [0.15, 0.2) is 11.4 Å². The van der Waals surface area contributed by atoms with Crippen LogP contribution in [0.2, 0.25) is 5.02 Å². The summed E-state index contributed by atoms with van der Waals surface area (Å²) in [4.78, 5) is 39.3. The summed E-state index contributed by atoms with van der Waals surface area (Å²) in [6.07, 6.45) is 1.24. The van der Waals surface area contributed by atoms with Crippen LogP contribution in [0.25, 0.3) is 0 Å². The zero-order valence-electron chi connectivity index (χ0n) is 13.5. The third kappa shape index (κ3) is 3.02. The molecule has 24 heavy (non-hydrogen) atoms. The molecule has 2 fully saturated rings. The lowest BCUT2D eigenvalue weighted by Gasteiger charge is -2.36. The van der Waals surface area contributed by atoms with E-state index in [-0.39, 0.29) is 29.7 Å². The van der Waals surface area contributed by atoms with Crippen LogP contribution in [0.4, 0.5) is 0 Å². The maximum Gasteiger partial charge on any atom is 0.263 e. The smallest absolute Gasteiger partial charge is 0.263 e. The molecule has 4 atom stereocenters. The highest BCUT2D eigenvalue weighted by Gasteiger charge is 2.47. The fourth-order valence-electron chi connectivity index (χ4n) is 3.25. The van der Waals surface area contributed by atoms with E-state index in [0.29, 0.717) is 22.9 Å². The first-order valence-electron chi connectivity index (χ1n) is 8.07. The second kappa shape index (κ2) is 6.72. The molecule has 1 aromatic heterocycles. The second-order valence-electron chi connectivity index (χ2n) is 6.38. The lowest BCUT2D eigenvalue weighted by Crippen LogP contribution is -2.62. The van der Waals surface area contributed by atoms with E-state index < -0.39 is 12.1 Å². The number of rotatable bonds is 4. The van der Waals surface area contributed by atoms with Crippen molar-refractivity contribution in [3.05, 3.63) is 21.3 Å². The number of fused-ring (bicyclic) bond motifs is 1. The molecule has 0 bridgehead atoms. The lowest BCUT2D eigenvalue weighted by molar-refractivity contribution is -0.148. The molecule has 0 saturated carbocycles. The third-order valence-electron chi connectivity index (χ3n) is 4.82. The summed E-state index contributed by atoms with van der Waals surface area (Å²) in [6.45, 7) is 4.31. The number of thiophene rings is 1. The minimum absolute atomic E-state index is 0.0557. The quantitative estimate of drug-likeness (QED) is 0.847. The van der Waals surface area contributed by atoms with Gasteiger partial charge in [-0.25, -0.2) is 0 Å². The average molecular weight is 370 g/mol. The van der Waals surface area contributed by atoms with Crippen LogP contribution in [0.5, 0.6) is 0 Å². The fourth-order valence-corrected chi connectivity index (χ4v) is 4.29. The summed E-state index contributed by atoms with van der Waals surface area (Å²) < 4.78 is 0. The van der Waals surface area contributed by atoms with E-state index in [0.717, 1.165) is 6.42 Å². The molecular weight excluding hydrogens is 350 g/mol. The summed E-state index contributed by atoms with van der Waals surface area (Å²) in [7, 11) is 0. The minimum Gasteiger partial charge on any atom is -0.347 e. The van der Waals surface area contributed by atoms with Gasteiger partial charge >= 0.3 is 0 Å². The number of halogens is 1. The van der Waals surface area contributed by atoms with Crippen molar-refractivity contribution in [2.24, 2.45) is 5.92 Å². The molecule has 8 heteroatoms. The van der Waals surface area contributed by atoms with Gasteiger partial charge in [0.25, 0.3) is 5.91 Å². The highest BCUT2D eigenvalue weighted by Crippen LogP contribution is 2.27. The Morgan fingerprint density at radius 3 is 2.92 bits per heavy atom. The first kappa shape index (κ1) is 17.2. The van der Waals surface area contributed by atoms with Crippen molar-refractivity contribution >= 4 is 40.7 Å². The number of amides is 3. The molecule has 1 aromatic rings. The molecule has 0 aliphatic carbocycles. The van der Waals surface area contributed by atoms with Crippen LogP contribution in [-0.2, 0) is 9.59 Å². The van der Waals surface area contributed by atoms with Gasteiger partial charge in [-0.2, -0.15) is 0 Å². The Hall–Kier alpha value is -1.60. The molecule has 0 spiro atoms. The largest absolute Gasteiger partial charge is 0.347 e. The van der Waals surface area contributed by atoms with Crippen LogP contribution in [0, 0.1) is 5.92 Å². The Kier molecular flexibility index (Phi) is 4.83. The van der Waals surface area contributed by atoms with Crippen molar-refractivity contribution in [1.29, 1.82) is 0 Å². The van der Waals surface area contributed by atoms with Gasteiger partial charge in [0.15, 0.2) is 0 Å². The van der Waals surface area contributed by atoms with Crippen molar-refractivity contribution in [1.82, 2.24) is 15.5 Å². The maximum atomic E-state index is 12.6. The molecule has 3 rings (SSSR count). The summed E-state index contributed by atoms with van der Waals surface area (Å²) in [5, 5.41) is 7.90. The van der Waals surface area contributed by atoms with Gasteiger partial charge < -0.3 is 15.5 Å². The minimum atomic E-state index is -0.498. The Morgan fingerprint density at radius 2 is 2.29 bits per heavy atom. The zero-order chi connectivity index (χ0) is 17.4. The number of carbonyl (C=O) groups is 3. The Labute approximate surface area is 149 Å². The molecule has 6 nitrogen and oxygen atoms in total. The highest BCUT2D eigenvalue weighted by atomic mass is 35.5. The van der Waals surface area contributed by atoms with Gasteiger partial charge in [0.1, 0.15) is 17.0 Å². The molecule has 2 N–H and O–H groups in total. The van der Waals surface area contributed by atoms with Gasteiger partial charge in [-0.15, -0.1) is 11.3 Å². The van der Waals surface area contributed by atoms with E-state index in [1.807, 2.05) is 13.8 Å². The van der Waals surface area contributed by atoms with E-state index in [1.54, 1.807) is 16.3 Å². The number of nitrogens with one attached hydrogen (secondary N) is 2. The van der Waals surface area contributed by atoms with Crippen LogP contribution in [0.1, 0.15) is 36.4 Å². The van der Waals surface area contributed by atoms with Gasteiger partial charge in [0, 0.05) is 12.6 Å². The van der Waals surface area contributed by atoms with Gasteiger partial charge in [-0.1, -0.05) is 31.9 Å². The summed E-state index contributed by atoms with van der Waals surface area (Å²) in [6, 6.07) is 0.458. The fraction of sp³-hybridized carbons (Fsp3) is 0.562. The number of nitrogens with zero attached hydrogens (tertiary/aromatic N) is 1. The van der Waals surface area contributed by atoms with Crippen LogP contribution in [-0.4, -0.2) is 47.3 Å². The Balaban J connectivity index is 1.69. The van der Waals surface area contributed by atoms with Crippen molar-refractivity contribution in [3.8, 4) is 0 Å². The van der Waals surface area contributed by atoms with Gasteiger partial charge in [0.2, 0.25) is 11.8 Å². The molecule has 130 valence electrons. The molecular formula is C16H20ClN3O3S. The maximum absolute atomic E-state index is 12.6. The molecule has 0 unspecified atom stereocenters. The Morgan fingerprint density at radius 1 is 1.54 bits per heavy atom. The Bertz CT molecular complexity index is 677. The second-order valence-corrected chi connectivity index (χ2v) is 7.71. The zero-order valence-corrected chi connectivity index (χ0v) is 15.1. The van der Waals surface area contributed by atoms with Crippen molar-refractivity contribution in [3.63, 3.8) is 0 Å². The van der Waals surface area contributed by atoms with Crippen LogP contribution < -0.4 is 10.6 Å².